The Kier molecular flexibility index (Phi) is 5.74. The lowest BCUT2D eigenvalue weighted by molar-refractivity contribution is -0.131. The molecule has 3 aromatic rings. The van der Waals surface area contributed by atoms with Gasteiger partial charge in [0.25, 0.3) is 15.6 Å². The van der Waals surface area contributed by atoms with Gasteiger partial charge in [-0.3, -0.25) is 18.7 Å². The number of nitrogens with zero attached hydrogens (tertiary/aromatic N) is 8. The molecule has 0 saturated carbocycles. The second-order valence-electron chi connectivity index (χ2n) is 8.13. The largest absolute Gasteiger partial charge is 0.340 e. The fraction of sp³-hybridized carbons (Fsp3) is 0.526. The predicted molar refractivity (Wildman–Crippen MR) is 118 cm³/mol. The molecule has 1 amide bonds. The standard InChI is InChI=1S/C19H26N8O5S/c1-13-21-14(10-22(13)2)33(31,32)27-7-5-6-25(8-9-27)15(28)11-26-12-20-17-16(26)18(29)24(4)19(30)23(17)3/h10,12H,5-9,11H2,1-4H3. The molecule has 1 aliphatic rings. The number of hydrogen-bond donors (Lipinski definition) is 0. The molecular formula is C19H26N8O5S. The first-order valence-electron chi connectivity index (χ1n) is 10.4. The van der Waals surface area contributed by atoms with Gasteiger partial charge in [0.05, 0.1) is 6.33 Å². The van der Waals surface area contributed by atoms with Crippen LogP contribution in [0.5, 0.6) is 0 Å². The summed E-state index contributed by atoms with van der Waals surface area (Å²) in [5, 5.41) is -0.00591. The average Bonchev–Trinajstić information content (AvgIpc) is 3.23. The van der Waals surface area contributed by atoms with Crippen LogP contribution in [0.1, 0.15) is 12.2 Å². The second kappa shape index (κ2) is 8.26. The lowest BCUT2D eigenvalue weighted by atomic mass is 10.3. The molecule has 33 heavy (non-hydrogen) atoms. The number of rotatable bonds is 4. The molecular weight excluding hydrogens is 452 g/mol. The molecule has 0 spiro atoms. The summed E-state index contributed by atoms with van der Waals surface area (Å²) in [6, 6.07) is 0. The van der Waals surface area contributed by atoms with E-state index < -0.39 is 21.3 Å². The molecule has 14 heteroatoms. The van der Waals surface area contributed by atoms with E-state index in [4.69, 9.17) is 0 Å². The Balaban J connectivity index is 1.52. The van der Waals surface area contributed by atoms with Crippen molar-refractivity contribution in [1.29, 1.82) is 0 Å². The molecule has 0 unspecified atom stereocenters. The first kappa shape index (κ1) is 22.9. The highest BCUT2D eigenvalue weighted by atomic mass is 32.2. The number of carbonyl (C=O) groups excluding carboxylic acids is 1. The topological polar surface area (TPSA) is 137 Å². The van der Waals surface area contributed by atoms with Crippen molar-refractivity contribution in [2.75, 3.05) is 26.2 Å². The first-order valence-corrected chi connectivity index (χ1v) is 11.8. The van der Waals surface area contributed by atoms with Crippen LogP contribution in [0, 0.1) is 6.92 Å². The molecule has 0 aromatic carbocycles. The van der Waals surface area contributed by atoms with Gasteiger partial charge in [-0.2, -0.15) is 4.31 Å². The van der Waals surface area contributed by atoms with Gasteiger partial charge < -0.3 is 14.0 Å². The van der Waals surface area contributed by atoms with E-state index in [0.717, 1.165) is 4.57 Å². The fourth-order valence-electron chi connectivity index (χ4n) is 3.93. The molecule has 4 rings (SSSR count). The molecule has 3 aromatic heterocycles. The third-order valence-electron chi connectivity index (χ3n) is 6.02. The number of aryl methyl sites for hydroxylation is 3. The van der Waals surface area contributed by atoms with E-state index >= 15 is 0 Å². The van der Waals surface area contributed by atoms with E-state index in [-0.39, 0.29) is 48.3 Å². The minimum atomic E-state index is -3.76. The highest BCUT2D eigenvalue weighted by Crippen LogP contribution is 2.17. The maximum Gasteiger partial charge on any atom is 0.332 e. The Morgan fingerprint density at radius 3 is 2.45 bits per heavy atom. The van der Waals surface area contributed by atoms with Crippen LogP contribution < -0.4 is 11.2 Å². The molecule has 1 aliphatic heterocycles. The number of fused-ring (bicyclic) bond motifs is 1. The maximum absolute atomic E-state index is 13.0. The monoisotopic (exact) mass is 478 g/mol. The van der Waals surface area contributed by atoms with Crippen molar-refractivity contribution >= 4 is 27.1 Å². The lowest BCUT2D eigenvalue weighted by Gasteiger charge is -2.21. The van der Waals surface area contributed by atoms with Gasteiger partial charge in [-0.15, -0.1) is 0 Å². The lowest BCUT2D eigenvalue weighted by Crippen LogP contribution is -2.40. The van der Waals surface area contributed by atoms with Crippen molar-refractivity contribution in [2.24, 2.45) is 21.1 Å². The van der Waals surface area contributed by atoms with Crippen molar-refractivity contribution in [2.45, 2.75) is 24.9 Å². The van der Waals surface area contributed by atoms with Crippen LogP contribution in [-0.4, -0.2) is 77.9 Å². The molecule has 0 bridgehead atoms. The molecule has 0 radical (unpaired) electrons. The van der Waals surface area contributed by atoms with Gasteiger partial charge in [-0.25, -0.2) is 23.2 Å². The summed E-state index contributed by atoms with van der Waals surface area (Å²) in [6.07, 6.45) is 3.32. The summed E-state index contributed by atoms with van der Waals surface area (Å²) in [7, 11) is 0.850. The van der Waals surface area contributed by atoms with Gasteiger partial charge in [-0.05, 0) is 13.3 Å². The van der Waals surface area contributed by atoms with Crippen LogP contribution in [0.2, 0.25) is 0 Å². The molecule has 1 saturated heterocycles. The van der Waals surface area contributed by atoms with Gasteiger partial charge in [0.2, 0.25) is 5.91 Å². The predicted octanol–water partition coefficient (Wildman–Crippen LogP) is -1.60. The van der Waals surface area contributed by atoms with E-state index in [2.05, 4.69) is 9.97 Å². The Hall–Kier alpha value is -3.26. The van der Waals surface area contributed by atoms with E-state index in [9.17, 15) is 22.8 Å². The van der Waals surface area contributed by atoms with E-state index in [1.807, 2.05) is 0 Å². The van der Waals surface area contributed by atoms with Gasteiger partial charge in [0, 0.05) is 53.5 Å². The molecule has 1 fully saturated rings. The Morgan fingerprint density at radius 2 is 1.79 bits per heavy atom. The number of imidazole rings is 2. The SMILES string of the molecule is Cc1nc(S(=O)(=O)N2CCCN(C(=O)Cn3cnc4c3c(=O)n(C)c(=O)n4C)CC2)cn1C. The Labute approximate surface area is 189 Å². The highest BCUT2D eigenvalue weighted by Gasteiger charge is 2.30. The number of aromatic nitrogens is 6. The smallest absolute Gasteiger partial charge is 0.332 e. The van der Waals surface area contributed by atoms with Crippen molar-refractivity contribution < 1.29 is 13.2 Å². The molecule has 178 valence electrons. The molecule has 13 nitrogen and oxygen atoms in total. The summed E-state index contributed by atoms with van der Waals surface area (Å²) >= 11 is 0. The van der Waals surface area contributed by atoms with Crippen molar-refractivity contribution in [3.8, 4) is 0 Å². The van der Waals surface area contributed by atoms with Crippen molar-refractivity contribution in [3.63, 3.8) is 0 Å². The Morgan fingerprint density at radius 1 is 1.06 bits per heavy atom. The van der Waals surface area contributed by atoms with Crippen molar-refractivity contribution in [3.05, 3.63) is 39.2 Å². The fourth-order valence-corrected chi connectivity index (χ4v) is 5.42. The van der Waals surface area contributed by atoms with E-state index in [1.54, 1.807) is 23.4 Å². The minimum absolute atomic E-state index is 0.00591. The van der Waals surface area contributed by atoms with Gasteiger partial charge in [0.15, 0.2) is 16.2 Å². The van der Waals surface area contributed by atoms with Crippen LogP contribution in [0.25, 0.3) is 11.2 Å². The van der Waals surface area contributed by atoms with Gasteiger partial charge in [-0.1, -0.05) is 0 Å². The first-order chi connectivity index (χ1) is 15.5. The number of sulfonamides is 1. The molecule has 4 heterocycles. The molecule has 0 aliphatic carbocycles. The van der Waals surface area contributed by atoms with Crippen LogP contribution in [0.15, 0.2) is 27.1 Å². The number of carbonyl (C=O) groups is 1. The summed E-state index contributed by atoms with van der Waals surface area (Å²) in [5.41, 5.74) is -0.662. The summed E-state index contributed by atoms with van der Waals surface area (Å²) in [4.78, 5) is 47.5. The zero-order chi connectivity index (χ0) is 24.1. The third kappa shape index (κ3) is 3.88. The van der Waals surface area contributed by atoms with E-state index in [0.29, 0.717) is 18.8 Å². The van der Waals surface area contributed by atoms with Gasteiger partial charge >= 0.3 is 5.69 Å². The average molecular weight is 479 g/mol. The normalized spacial score (nSPS) is 15.8. The number of amides is 1. The molecule has 0 N–H and O–H groups in total. The maximum atomic E-state index is 13.0. The van der Waals surface area contributed by atoms with Crippen molar-refractivity contribution in [1.82, 2.24) is 37.4 Å². The van der Waals surface area contributed by atoms with Crippen LogP contribution in [0.4, 0.5) is 0 Å². The zero-order valence-electron chi connectivity index (χ0n) is 18.9. The highest BCUT2D eigenvalue weighted by molar-refractivity contribution is 7.89. The quantitative estimate of drug-likeness (QED) is 0.440. The van der Waals surface area contributed by atoms with Crippen LogP contribution in [0.3, 0.4) is 0 Å². The summed E-state index contributed by atoms with van der Waals surface area (Å²) in [6.45, 7) is 2.61. The van der Waals surface area contributed by atoms with Crippen LogP contribution >= 0.6 is 0 Å². The number of hydrogen-bond acceptors (Lipinski definition) is 7. The van der Waals surface area contributed by atoms with Crippen LogP contribution in [-0.2, 0) is 42.5 Å². The zero-order valence-corrected chi connectivity index (χ0v) is 19.7. The summed E-state index contributed by atoms with van der Waals surface area (Å²) in [5.74, 6) is 0.328. The van der Waals surface area contributed by atoms with Gasteiger partial charge in [0.1, 0.15) is 12.4 Å². The molecule has 0 atom stereocenters. The Bertz CT molecular complexity index is 1440. The third-order valence-corrected chi connectivity index (χ3v) is 7.79. The second-order valence-corrected chi connectivity index (χ2v) is 10.0. The van der Waals surface area contributed by atoms with E-state index in [1.165, 1.54) is 40.1 Å². The minimum Gasteiger partial charge on any atom is -0.340 e. The summed E-state index contributed by atoms with van der Waals surface area (Å²) < 4.78 is 32.6.